The van der Waals surface area contributed by atoms with Gasteiger partial charge in [-0.3, -0.25) is 0 Å². The molecule has 20 heavy (non-hydrogen) atoms. The SMILES string of the molecule is Cc1cc2nc(C(C)O)n(CC3CC3(Cl)Cl)c2cc1C. The van der Waals surface area contributed by atoms with Crippen molar-refractivity contribution in [1.82, 2.24) is 9.55 Å². The molecule has 2 aromatic rings. The van der Waals surface area contributed by atoms with Crippen LogP contribution in [0.4, 0.5) is 0 Å². The van der Waals surface area contributed by atoms with Crippen LogP contribution in [0.3, 0.4) is 0 Å². The summed E-state index contributed by atoms with van der Waals surface area (Å²) in [5.74, 6) is 0.906. The van der Waals surface area contributed by atoms with Crippen LogP contribution >= 0.6 is 23.2 Å². The number of hydrogen-bond acceptors (Lipinski definition) is 2. The number of halogens is 2. The average molecular weight is 313 g/mol. The Labute approximate surface area is 128 Å². The molecule has 0 saturated heterocycles. The van der Waals surface area contributed by atoms with Crippen LogP contribution in [0.25, 0.3) is 11.0 Å². The van der Waals surface area contributed by atoms with E-state index in [2.05, 4.69) is 35.5 Å². The molecule has 1 aliphatic carbocycles. The molecule has 0 amide bonds. The fraction of sp³-hybridized carbons (Fsp3) is 0.533. The van der Waals surface area contributed by atoms with Crippen LogP contribution in [-0.4, -0.2) is 19.0 Å². The van der Waals surface area contributed by atoms with Crippen LogP contribution in [0.2, 0.25) is 0 Å². The number of rotatable bonds is 3. The maximum absolute atomic E-state index is 9.96. The second kappa shape index (κ2) is 4.62. The molecule has 108 valence electrons. The van der Waals surface area contributed by atoms with Crippen molar-refractivity contribution in [1.29, 1.82) is 0 Å². The van der Waals surface area contributed by atoms with Gasteiger partial charge in [0.25, 0.3) is 0 Å². The van der Waals surface area contributed by atoms with Crippen molar-refractivity contribution in [3.05, 3.63) is 29.1 Å². The summed E-state index contributed by atoms with van der Waals surface area (Å²) in [6, 6.07) is 4.19. The summed E-state index contributed by atoms with van der Waals surface area (Å²) < 4.78 is 1.44. The minimum Gasteiger partial charge on any atom is -0.385 e. The number of aliphatic hydroxyl groups excluding tert-OH is 1. The van der Waals surface area contributed by atoms with Crippen molar-refractivity contribution in [2.45, 2.75) is 44.2 Å². The summed E-state index contributed by atoms with van der Waals surface area (Å²) in [5.41, 5.74) is 4.38. The summed E-state index contributed by atoms with van der Waals surface area (Å²) in [5, 5.41) is 9.96. The Kier molecular flexibility index (Phi) is 3.27. The van der Waals surface area contributed by atoms with E-state index < -0.39 is 10.4 Å². The number of imidazole rings is 1. The quantitative estimate of drug-likeness (QED) is 0.873. The maximum atomic E-state index is 9.96. The topological polar surface area (TPSA) is 38.1 Å². The zero-order valence-electron chi connectivity index (χ0n) is 11.8. The van der Waals surface area contributed by atoms with Gasteiger partial charge >= 0.3 is 0 Å². The van der Waals surface area contributed by atoms with Crippen molar-refractivity contribution in [3.8, 4) is 0 Å². The van der Waals surface area contributed by atoms with E-state index in [1.165, 1.54) is 11.1 Å². The van der Waals surface area contributed by atoms with Gasteiger partial charge in [-0.2, -0.15) is 0 Å². The fourth-order valence-electron chi connectivity index (χ4n) is 2.60. The molecule has 2 unspecified atom stereocenters. The number of benzene rings is 1. The molecular weight excluding hydrogens is 295 g/mol. The second-order valence-corrected chi connectivity index (χ2v) is 7.39. The van der Waals surface area contributed by atoms with Gasteiger partial charge in [0, 0.05) is 12.5 Å². The van der Waals surface area contributed by atoms with E-state index in [-0.39, 0.29) is 5.92 Å². The minimum absolute atomic E-state index is 0.224. The predicted molar refractivity (Wildman–Crippen MR) is 82.4 cm³/mol. The molecule has 0 spiro atoms. The maximum Gasteiger partial charge on any atom is 0.138 e. The lowest BCUT2D eigenvalue weighted by atomic mass is 10.1. The summed E-state index contributed by atoms with van der Waals surface area (Å²) in [6.45, 7) is 6.59. The van der Waals surface area contributed by atoms with Crippen LogP contribution in [0.15, 0.2) is 12.1 Å². The first-order chi connectivity index (χ1) is 9.29. The Morgan fingerprint density at radius 1 is 1.40 bits per heavy atom. The summed E-state index contributed by atoms with van der Waals surface area (Å²) in [4.78, 5) is 4.57. The van der Waals surface area contributed by atoms with Crippen LogP contribution in [0.1, 0.15) is 36.4 Å². The number of alkyl halides is 2. The number of hydrogen-bond donors (Lipinski definition) is 1. The summed E-state index contributed by atoms with van der Waals surface area (Å²) in [6.07, 6.45) is 0.182. The van der Waals surface area contributed by atoms with Crippen molar-refractivity contribution < 1.29 is 5.11 Å². The number of nitrogens with zero attached hydrogens (tertiary/aromatic N) is 2. The number of aromatic nitrogens is 2. The van der Waals surface area contributed by atoms with Gasteiger partial charge in [0.15, 0.2) is 0 Å². The number of fused-ring (bicyclic) bond motifs is 1. The molecule has 1 N–H and O–H groups in total. The largest absolute Gasteiger partial charge is 0.385 e. The van der Waals surface area contributed by atoms with Gasteiger partial charge < -0.3 is 9.67 Å². The third-order valence-corrected chi connectivity index (χ3v) is 5.05. The monoisotopic (exact) mass is 312 g/mol. The minimum atomic E-state index is -0.619. The Hall–Kier alpha value is -0.770. The van der Waals surface area contributed by atoms with Crippen LogP contribution in [0.5, 0.6) is 0 Å². The molecule has 1 saturated carbocycles. The molecule has 1 heterocycles. The molecule has 3 rings (SSSR count). The third kappa shape index (κ3) is 2.32. The lowest BCUT2D eigenvalue weighted by molar-refractivity contribution is 0.184. The van der Waals surface area contributed by atoms with Gasteiger partial charge in [-0.1, -0.05) is 0 Å². The Morgan fingerprint density at radius 3 is 2.55 bits per heavy atom. The van der Waals surface area contributed by atoms with E-state index in [9.17, 15) is 5.11 Å². The normalized spacial score (nSPS) is 22.2. The molecule has 5 heteroatoms. The zero-order chi connectivity index (χ0) is 14.7. The fourth-order valence-corrected chi connectivity index (χ4v) is 3.11. The highest BCUT2D eigenvalue weighted by Crippen LogP contribution is 2.54. The van der Waals surface area contributed by atoms with E-state index in [0.29, 0.717) is 12.4 Å². The van der Waals surface area contributed by atoms with Gasteiger partial charge in [0.05, 0.1) is 11.0 Å². The third-order valence-electron chi connectivity index (χ3n) is 4.13. The second-order valence-electron chi connectivity index (χ2n) is 5.84. The number of aliphatic hydroxyl groups is 1. The molecule has 1 fully saturated rings. The first kappa shape index (κ1) is 14.2. The molecule has 2 atom stereocenters. The van der Waals surface area contributed by atoms with Crippen molar-refractivity contribution in [2.75, 3.05) is 0 Å². The van der Waals surface area contributed by atoms with Crippen molar-refractivity contribution >= 4 is 34.2 Å². The predicted octanol–water partition coefficient (Wildman–Crippen LogP) is 3.90. The van der Waals surface area contributed by atoms with E-state index in [1.807, 2.05) is 0 Å². The number of aryl methyl sites for hydroxylation is 2. The molecule has 0 bridgehead atoms. The van der Waals surface area contributed by atoms with Gasteiger partial charge in [-0.25, -0.2) is 4.98 Å². The molecule has 1 aliphatic rings. The Morgan fingerprint density at radius 2 is 2.00 bits per heavy atom. The molecule has 0 aliphatic heterocycles. The average Bonchev–Trinajstić information content (AvgIpc) is 2.78. The van der Waals surface area contributed by atoms with E-state index >= 15 is 0 Å². The molecular formula is C15H18Cl2N2O. The van der Waals surface area contributed by atoms with Gasteiger partial charge in [-0.15, -0.1) is 23.2 Å². The van der Waals surface area contributed by atoms with Crippen molar-refractivity contribution in [3.63, 3.8) is 0 Å². The van der Waals surface area contributed by atoms with E-state index in [0.717, 1.165) is 17.5 Å². The lowest BCUT2D eigenvalue weighted by Crippen LogP contribution is -2.10. The lowest BCUT2D eigenvalue weighted by Gasteiger charge is -2.11. The van der Waals surface area contributed by atoms with Gasteiger partial charge in [0.2, 0.25) is 0 Å². The molecule has 3 nitrogen and oxygen atoms in total. The highest BCUT2D eigenvalue weighted by Gasteiger charge is 2.51. The first-order valence-electron chi connectivity index (χ1n) is 6.83. The zero-order valence-corrected chi connectivity index (χ0v) is 13.3. The molecule has 1 aromatic carbocycles. The Balaban J connectivity index is 2.11. The van der Waals surface area contributed by atoms with Crippen molar-refractivity contribution in [2.24, 2.45) is 5.92 Å². The highest BCUT2D eigenvalue weighted by molar-refractivity contribution is 6.50. The van der Waals surface area contributed by atoms with E-state index in [1.54, 1.807) is 6.92 Å². The standard InChI is InChI=1S/C15H18Cl2N2O/c1-8-4-12-13(5-9(8)2)19(14(18-12)10(3)20)7-11-6-15(11,16)17/h4-5,10-11,20H,6-7H2,1-3H3. The van der Waals surface area contributed by atoms with Crippen LogP contribution in [-0.2, 0) is 6.54 Å². The van der Waals surface area contributed by atoms with Gasteiger partial charge in [-0.05, 0) is 50.5 Å². The summed E-state index contributed by atoms with van der Waals surface area (Å²) >= 11 is 12.3. The first-order valence-corrected chi connectivity index (χ1v) is 7.58. The Bertz CT molecular complexity index is 676. The van der Waals surface area contributed by atoms with E-state index in [4.69, 9.17) is 23.2 Å². The highest BCUT2D eigenvalue weighted by atomic mass is 35.5. The van der Waals surface area contributed by atoms with Crippen LogP contribution in [0, 0.1) is 19.8 Å². The molecule has 0 radical (unpaired) electrons. The summed E-state index contributed by atoms with van der Waals surface area (Å²) in [7, 11) is 0. The molecule has 1 aromatic heterocycles. The smallest absolute Gasteiger partial charge is 0.138 e. The van der Waals surface area contributed by atoms with Gasteiger partial charge in [0.1, 0.15) is 16.3 Å². The van der Waals surface area contributed by atoms with Crippen LogP contribution < -0.4 is 0 Å².